The lowest BCUT2D eigenvalue weighted by molar-refractivity contribution is -0.137. The summed E-state index contributed by atoms with van der Waals surface area (Å²) < 4.78 is 38.4. The van der Waals surface area contributed by atoms with E-state index >= 15 is 0 Å². The van der Waals surface area contributed by atoms with Gasteiger partial charge in [0.25, 0.3) is 5.91 Å². The van der Waals surface area contributed by atoms with Crippen LogP contribution in [0.1, 0.15) is 40.3 Å². The molecule has 0 spiro atoms. The van der Waals surface area contributed by atoms with Gasteiger partial charge < -0.3 is 4.90 Å². The van der Waals surface area contributed by atoms with Gasteiger partial charge in [0.05, 0.1) is 11.6 Å². The molecule has 0 saturated heterocycles. The van der Waals surface area contributed by atoms with Gasteiger partial charge in [0, 0.05) is 18.9 Å². The van der Waals surface area contributed by atoms with Gasteiger partial charge >= 0.3 is 6.18 Å². The van der Waals surface area contributed by atoms with Crippen LogP contribution in [0.25, 0.3) is 11.1 Å². The third-order valence-electron chi connectivity index (χ3n) is 5.25. The van der Waals surface area contributed by atoms with Crippen molar-refractivity contribution in [3.05, 3.63) is 83.4 Å². The molecule has 1 aromatic heterocycles. The Bertz CT molecular complexity index is 1030. The second kappa shape index (κ2) is 7.31. The summed E-state index contributed by atoms with van der Waals surface area (Å²) in [5, 5.41) is 0. The third kappa shape index (κ3) is 3.72. The van der Waals surface area contributed by atoms with E-state index in [1.165, 1.54) is 24.5 Å². The van der Waals surface area contributed by atoms with Gasteiger partial charge in [-0.2, -0.15) is 13.2 Å². The van der Waals surface area contributed by atoms with Crippen LogP contribution in [0.15, 0.2) is 60.9 Å². The first-order valence-corrected chi connectivity index (χ1v) is 9.23. The first kappa shape index (κ1) is 19.1. The van der Waals surface area contributed by atoms with Crippen LogP contribution < -0.4 is 0 Å². The summed E-state index contributed by atoms with van der Waals surface area (Å²) >= 11 is 0. The monoisotopic (exact) mass is 397 g/mol. The molecule has 148 valence electrons. The Labute approximate surface area is 166 Å². The van der Waals surface area contributed by atoms with E-state index in [2.05, 4.69) is 9.97 Å². The number of hydrogen-bond donors (Lipinski definition) is 0. The SMILES string of the molecule is CC1c2cc(-c3ccc(C(F)(F)F)cc3)ccc2CCN1C(=O)c1ncccn1. The lowest BCUT2D eigenvalue weighted by atomic mass is 9.90. The maximum atomic E-state index is 12.8. The summed E-state index contributed by atoms with van der Waals surface area (Å²) in [5.74, 6) is -0.0784. The van der Waals surface area contributed by atoms with Crippen LogP contribution in [0.4, 0.5) is 13.2 Å². The molecule has 29 heavy (non-hydrogen) atoms. The number of benzene rings is 2. The van der Waals surface area contributed by atoms with E-state index in [0.717, 1.165) is 28.8 Å². The highest BCUT2D eigenvalue weighted by atomic mass is 19.4. The zero-order valence-electron chi connectivity index (χ0n) is 15.6. The van der Waals surface area contributed by atoms with Crippen molar-refractivity contribution in [2.24, 2.45) is 0 Å². The third-order valence-corrected chi connectivity index (χ3v) is 5.25. The maximum absolute atomic E-state index is 12.8. The highest BCUT2D eigenvalue weighted by Crippen LogP contribution is 2.35. The van der Waals surface area contributed by atoms with E-state index in [9.17, 15) is 18.0 Å². The fourth-order valence-electron chi connectivity index (χ4n) is 3.66. The molecule has 3 aromatic rings. The average Bonchev–Trinajstić information content (AvgIpc) is 2.73. The molecule has 1 aliphatic heterocycles. The van der Waals surface area contributed by atoms with Gasteiger partial charge in [-0.3, -0.25) is 4.79 Å². The molecular weight excluding hydrogens is 379 g/mol. The number of rotatable bonds is 2. The molecule has 1 aliphatic rings. The van der Waals surface area contributed by atoms with Gasteiger partial charge in [0.15, 0.2) is 0 Å². The molecule has 1 unspecified atom stereocenters. The van der Waals surface area contributed by atoms with Crippen molar-refractivity contribution in [1.29, 1.82) is 0 Å². The Morgan fingerprint density at radius 1 is 1.03 bits per heavy atom. The number of alkyl halides is 3. The smallest absolute Gasteiger partial charge is 0.329 e. The van der Waals surface area contributed by atoms with E-state index in [1.54, 1.807) is 11.0 Å². The summed E-state index contributed by atoms with van der Waals surface area (Å²) in [6.07, 6.45) is -0.591. The van der Waals surface area contributed by atoms with Gasteiger partial charge in [-0.1, -0.05) is 24.3 Å². The van der Waals surface area contributed by atoms with Gasteiger partial charge in [-0.15, -0.1) is 0 Å². The highest BCUT2D eigenvalue weighted by Gasteiger charge is 2.31. The van der Waals surface area contributed by atoms with Crippen molar-refractivity contribution in [2.45, 2.75) is 25.6 Å². The highest BCUT2D eigenvalue weighted by molar-refractivity contribution is 5.91. The number of aromatic nitrogens is 2. The van der Waals surface area contributed by atoms with Crippen LogP contribution in [0.5, 0.6) is 0 Å². The number of hydrogen-bond acceptors (Lipinski definition) is 3. The quantitative estimate of drug-likeness (QED) is 0.617. The molecule has 4 nitrogen and oxygen atoms in total. The van der Waals surface area contributed by atoms with E-state index in [1.807, 2.05) is 25.1 Å². The van der Waals surface area contributed by atoms with Crippen molar-refractivity contribution in [2.75, 3.05) is 6.54 Å². The van der Waals surface area contributed by atoms with Crippen LogP contribution >= 0.6 is 0 Å². The number of carbonyl (C=O) groups excluding carboxylic acids is 1. The lowest BCUT2D eigenvalue weighted by Gasteiger charge is -2.35. The van der Waals surface area contributed by atoms with Crippen molar-refractivity contribution in [3.8, 4) is 11.1 Å². The molecule has 2 heterocycles. The number of amides is 1. The molecule has 2 aromatic carbocycles. The minimum atomic E-state index is -4.36. The van der Waals surface area contributed by atoms with E-state index < -0.39 is 11.7 Å². The molecular formula is C22H18F3N3O. The largest absolute Gasteiger partial charge is 0.416 e. The molecule has 4 rings (SSSR count). The summed E-state index contributed by atoms with van der Waals surface area (Å²) in [6.45, 7) is 2.50. The first-order valence-electron chi connectivity index (χ1n) is 9.23. The van der Waals surface area contributed by atoms with Crippen LogP contribution in [-0.4, -0.2) is 27.3 Å². The van der Waals surface area contributed by atoms with Crippen LogP contribution in [0.2, 0.25) is 0 Å². The summed E-state index contributed by atoms with van der Waals surface area (Å²) in [7, 11) is 0. The summed E-state index contributed by atoms with van der Waals surface area (Å²) in [4.78, 5) is 22.6. The lowest BCUT2D eigenvalue weighted by Crippen LogP contribution is -2.39. The molecule has 0 bridgehead atoms. The van der Waals surface area contributed by atoms with Crippen molar-refractivity contribution >= 4 is 5.91 Å². The topological polar surface area (TPSA) is 46.1 Å². The fourth-order valence-corrected chi connectivity index (χ4v) is 3.66. The summed E-state index contributed by atoms with van der Waals surface area (Å²) in [5.41, 5.74) is 2.95. The molecule has 1 atom stereocenters. The Morgan fingerprint density at radius 2 is 1.69 bits per heavy atom. The maximum Gasteiger partial charge on any atom is 0.416 e. The second-order valence-electron chi connectivity index (χ2n) is 6.99. The minimum absolute atomic E-state index is 0.154. The minimum Gasteiger partial charge on any atom is -0.329 e. The Morgan fingerprint density at radius 3 is 2.34 bits per heavy atom. The normalized spacial score (nSPS) is 16.4. The van der Waals surface area contributed by atoms with Gasteiger partial charge in [0.2, 0.25) is 5.82 Å². The summed E-state index contributed by atoms with van der Waals surface area (Å²) in [6, 6.07) is 12.4. The van der Waals surface area contributed by atoms with Crippen molar-refractivity contribution < 1.29 is 18.0 Å². The van der Waals surface area contributed by atoms with Crippen LogP contribution in [0, 0.1) is 0 Å². The predicted molar refractivity (Wildman–Crippen MR) is 102 cm³/mol. The molecule has 0 radical (unpaired) electrons. The van der Waals surface area contributed by atoms with Gasteiger partial charge in [-0.25, -0.2) is 9.97 Å². The molecule has 7 heteroatoms. The fraction of sp³-hybridized carbons (Fsp3) is 0.227. The predicted octanol–water partition coefficient (Wildman–Crippen LogP) is 4.92. The van der Waals surface area contributed by atoms with Gasteiger partial charge in [0.1, 0.15) is 0 Å². The van der Waals surface area contributed by atoms with Gasteiger partial charge in [-0.05, 0) is 59.9 Å². The number of halogens is 3. The first-order chi connectivity index (χ1) is 13.8. The Kier molecular flexibility index (Phi) is 4.82. The molecule has 0 aliphatic carbocycles. The average molecular weight is 397 g/mol. The molecule has 0 N–H and O–H groups in total. The van der Waals surface area contributed by atoms with Crippen molar-refractivity contribution in [3.63, 3.8) is 0 Å². The van der Waals surface area contributed by atoms with E-state index in [-0.39, 0.29) is 17.8 Å². The molecule has 0 fully saturated rings. The Balaban J connectivity index is 1.63. The van der Waals surface area contributed by atoms with E-state index in [0.29, 0.717) is 18.5 Å². The number of carbonyl (C=O) groups is 1. The number of fused-ring (bicyclic) bond motifs is 1. The van der Waals surface area contributed by atoms with E-state index in [4.69, 9.17) is 0 Å². The number of nitrogens with zero attached hydrogens (tertiary/aromatic N) is 3. The Hall–Kier alpha value is -3.22. The second-order valence-corrected chi connectivity index (χ2v) is 6.99. The zero-order valence-corrected chi connectivity index (χ0v) is 15.6. The van der Waals surface area contributed by atoms with Crippen LogP contribution in [0.3, 0.4) is 0 Å². The molecule has 0 saturated carbocycles. The molecule has 1 amide bonds. The van der Waals surface area contributed by atoms with Crippen LogP contribution in [-0.2, 0) is 12.6 Å². The zero-order chi connectivity index (χ0) is 20.6. The standard InChI is InChI=1S/C22H18F3N3O/c1-14-19-13-17(15-5-7-18(8-6-15)22(23,24)25)4-3-16(19)9-12-28(14)21(29)20-26-10-2-11-27-20/h2-8,10-11,13-14H,9,12H2,1H3. The van der Waals surface area contributed by atoms with Crippen molar-refractivity contribution in [1.82, 2.24) is 14.9 Å².